The number of aromatic nitrogens is 6. The first kappa shape index (κ1) is 34.3. The first-order valence-corrected chi connectivity index (χ1v) is 16.9. The molecule has 0 spiro atoms. The van der Waals surface area contributed by atoms with E-state index in [0.717, 1.165) is 46.1 Å². The van der Waals surface area contributed by atoms with E-state index in [1.54, 1.807) is 30.6 Å². The molecule has 260 valence electrons. The number of H-pyrrole nitrogens is 1. The highest BCUT2D eigenvalue weighted by atomic mass is 16.6. The van der Waals surface area contributed by atoms with Crippen molar-refractivity contribution < 1.29 is 19.1 Å². The van der Waals surface area contributed by atoms with Gasteiger partial charge in [0.05, 0.1) is 17.4 Å². The van der Waals surface area contributed by atoms with E-state index in [2.05, 4.69) is 47.6 Å². The molecular formula is C37H43N9O4. The molecule has 0 bridgehead atoms. The lowest BCUT2D eigenvalue weighted by Gasteiger charge is -2.29. The van der Waals surface area contributed by atoms with E-state index in [1.807, 2.05) is 68.8 Å². The molecule has 4 N–H and O–H groups in total. The quantitative estimate of drug-likeness (QED) is 0.152. The third-order valence-corrected chi connectivity index (χ3v) is 8.99. The molecule has 1 aliphatic carbocycles. The Morgan fingerprint density at radius 2 is 1.64 bits per heavy atom. The molecule has 0 radical (unpaired) electrons. The molecular weight excluding hydrogens is 634 g/mol. The number of rotatable bonds is 10. The minimum atomic E-state index is -0.803. The minimum absolute atomic E-state index is 0.141. The summed E-state index contributed by atoms with van der Waals surface area (Å²) in [5.41, 5.74) is 5.79. The number of tetrazole rings is 1. The Labute approximate surface area is 290 Å². The van der Waals surface area contributed by atoms with Crippen LogP contribution in [0.2, 0.25) is 0 Å². The zero-order valence-electron chi connectivity index (χ0n) is 28.8. The highest BCUT2D eigenvalue weighted by Crippen LogP contribution is 2.29. The summed E-state index contributed by atoms with van der Waals surface area (Å²) in [5.74, 6) is 0.0377. The Bertz CT molecular complexity index is 1920. The summed E-state index contributed by atoms with van der Waals surface area (Å²) in [6.07, 6.45) is 4.62. The van der Waals surface area contributed by atoms with Crippen LogP contribution in [0.1, 0.15) is 52.0 Å². The lowest BCUT2D eigenvalue weighted by molar-refractivity contribution is -0.130. The molecule has 6 rings (SSSR count). The number of anilines is 1. The van der Waals surface area contributed by atoms with E-state index >= 15 is 0 Å². The van der Waals surface area contributed by atoms with Crippen molar-refractivity contribution in [1.82, 2.24) is 40.8 Å². The lowest BCUT2D eigenvalue weighted by Crippen LogP contribution is -2.48. The van der Waals surface area contributed by atoms with Crippen molar-refractivity contribution in [3.63, 3.8) is 0 Å². The first-order valence-electron chi connectivity index (χ1n) is 16.9. The number of ether oxygens (including phenoxy) is 1. The van der Waals surface area contributed by atoms with Crippen molar-refractivity contribution >= 4 is 34.6 Å². The highest BCUT2D eigenvalue weighted by Gasteiger charge is 2.30. The number of fused-ring (bicyclic) bond motifs is 1. The number of amides is 3. The number of alkyl carbamates (subject to hydrolysis) is 1. The molecule has 50 heavy (non-hydrogen) atoms. The number of nitrogens with one attached hydrogen (secondary N) is 4. The number of carbonyl (C=O) groups excluding carboxylic acids is 3. The summed E-state index contributed by atoms with van der Waals surface area (Å²) in [6, 6.07) is 20.6. The Balaban J connectivity index is 1.11. The molecule has 3 aromatic carbocycles. The topological polar surface area (TPSA) is 169 Å². The van der Waals surface area contributed by atoms with Crippen molar-refractivity contribution in [2.75, 3.05) is 11.9 Å². The zero-order chi connectivity index (χ0) is 35.3. The van der Waals surface area contributed by atoms with Crippen molar-refractivity contribution in [2.24, 2.45) is 18.9 Å². The Kier molecular flexibility index (Phi) is 10.2. The highest BCUT2D eigenvalue weighted by molar-refractivity contribution is 5.97. The lowest BCUT2D eigenvalue weighted by atomic mass is 9.81. The molecule has 2 aromatic heterocycles. The van der Waals surface area contributed by atoms with Crippen molar-refractivity contribution in [3.8, 4) is 22.5 Å². The van der Waals surface area contributed by atoms with Crippen LogP contribution < -0.4 is 16.0 Å². The van der Waals surface area contributed by atoms with Crippen LogP contribution in [0.4, 0.5) is 10.5 Å². The summed E-state index contributed by atoms with van der Waals surface area (Å²) in [5, 5.41) is 22.9. The van der Waals surface area contributed by atoms with E-state index in [-0.39, 0.29) is 23.7 Å². The van der Waals surface area contributed by atoms with E-state index in [9.17, 15) is 14.4 Å². The van der Waals surface area contributed by atoms with E-state index in [0.29, 0.717) is 37.3 Å². The molecule has 1 aliphatic rings. The van der Waals surface area contributed by atoms with Gasteiger partial charge in [-0.2, -0.15) is 5.21 Å². The number of aryl methyl sites for hydroxylation is 1. The van der Waals surface area contributed by atoms with E-state index in [1.165, 1.54) is 0 Å². The van der Waals surface area contributed by atoms with Gasteiger partial charge in [-0.25, -0.2) is 9.78 Å². The number of benzene rings is 3. The van der Waals surface area contributed by atoms with Gasteiger partial charge in [-0.05, 0) is 111 Å². The van der Waals surface area contributed by atoms with Gasteiger partial charge in [-0.3, -0.25) is 9.59 Å². The third kappa shape index (κ3) is 8.70. The zero-order valence-corrected chi connectivity index (χ0v) is 28.8. The summed E-state index contributed by atoms with van der Waals surface area (Å²) in [4.78, 5) is 43.9. The molecule has 1 fully saturated rings. The third-order valence-electron chi connectivity index (χ3n) is 8.99. The Morgan fingerprint density at radius 3 is 2.32 bits per heavy atom. The second-order valence-electron chi connectivity index (χ2n) is 13.9. The van der Waals surface area contributed by atoms with Crippen LogP contribution in [-0.2, 0) is 27.8 Å². The molecule has 3 amide bonds. The van der Waals surface area contributed by atoms with E-state index < -0.39 is 17.7 Å². The number of carbonyl (C=O) groups is 3. The summed E-state index contributed by atoms with van der Waals surface area (Å²) in [6.45, 7) is 6.00. The summed E-state index contributed by atoms with van der Waals surface area (Å²) >= 11 is 0. The number of imidazole rings is 1. The fraction of sp³-hybridized carbons (Fsp3) is 0.378. The van der Waals surface area contributed by atoms with Crippen LogP contribution >= 0.6 is 0 Å². The molecule has 0 aliphatic heterocycles. The molecule has 13 heteroatoms. The van der Waals surface area contributed by atoms with Crippen LogP contribution in [0.3, 0.4) is 0 Å². The van der Waals surface area contributed by atoms with Crippen molar-refractivity contribution in [3.05, 3.63) is 78.6 Å². The maximum absolute atomic E-state index is 13.7. The first-order chi connectivity index (χ1) is 24.0. The SMILES string of the molecule is Cn1cnc2ccc(-c3ccc(C[C@H](NC(=O)C4CCC(CNC(=O)OC(C)(C)C)CC4)C(=O)Nc4ccc(-c5nn[nH]n5)cc4)cc3)cc21. The second kappa shape index (κ2) is 14.9. The molecule has 0 saturated heterocycles. The summed E-state index contributed by atoms with van der Waals surface area (Å²) in [7, 11) is 1.97. The van der Waals surface area contributed by atoms with Gasteiger partial charge in [-0.15, -0.1) is 10.2 Å². The van der Waals surface area contributed by atoms with Crippen LogP contribution in [0.15, 0.2) is 73.1 Å². The van der Waals surface area contributed by atoms with Crippen molar-refractivity contribution in [1.29, 1.82) is 0 Å². The molecule has 1 atom stereocenters. The fourth-order valence-corrected chi connectivity index (χ4v) is 6.26. The van der Waals surface area contributed by atoms with Gasteiger partial charge in [0, 0.05) is 37.2 Å². The largest absolute Gasteiger partial charge is 0.444 e. The van der Waals surface area contributed by atoms with Crippen LogP contribution in [0.5, 0.6) is 0 Å². The van der Waals surface area contributed by atoms with Gasteiger partial charge in [0.15, 0.2) is 0 Å². The predicted molar refractivity (Wildman–Crippen MR) is 190 cm³/mol. The monoisotopic (exact) mass is 677 g/mol. The number of hydrogen-bond acceptors (Lipinski definition) is 8. The molecule has 0 unspecified atom stereocenters. The van der Waals surface area contributed by atoms with Gasteiger partial charge in [0.2, 0.25) is 17.6 Å². The van der Waals surface area contributed by atoms with Gasteiger partial charge < -0.3 is 25.3 Å². The maximum atomic E-state index is 13.7. The van der Waals surface area contributed by atoms with Gasteiger partial charge in [0.1, 0.15) is 11.6 Å². The Hall–Kier alpha value is -5.59. The van der Waals surface area contributed by atoms with Crippen LogP contribution in [-0.4, -0.2) is 66.3 Å². The molecule has 13 nitrogen and oxygen atoms in total. The molecule has 2 heterocycles. The number of aromatic amines is 1. The maximum Gasteiger partial charge on any atom is 0.407 e. The van der Waals surface area contributed by atoms with Gasteiger partial charge in [0.25, 0.3) is 0 Å². The molecule has 1 saturated carbocycles. The van der Waals surface area contributed by atoms with Gasteiger partial charge in [-0.1, -0.05) is 30.3 Å². The van der Waals surface area contributed by atoms with Crippen molar-refractivity contribution in [2.45, 2.75) is 64.5 Å². The number of hydrogen-bond donors (Lipinski definition) is 4. The summed E-state index contributed by atoms with van der Waals surface area (Å²) < 4.78 is 7.34. The average molecular weight is 678 g/mol. The fourth-order valence-electron chi connectivity index (χ4n) is 6.26. The Morgan fingerprint density at radius 1 is 0.940 bits per heavy atom. The van der Waals surface area contributed by atoms with Gasteiger partial charge >= 0.3 is 6.09 Å². The molecule has 5 aromatic rings. The smallest absolute Gasteiger partial charge is 0.407 e. The van der Waals surface area contributed by atoms with Crippen LogP contribution in [0, 0.1) is 11.8 Å². The number of nitrogens with zero attached hydrogens (tertiary/aromatic N) is 5. The standard InChI is InChI=1S/C37H43N9O4/c1-37(2,3)50-36(49)38-21-24-7-11-27(12-8-24)34(47)41-31(35(48)40-29-16-13-26(14-17-29)33-42-44-45-43-33)19-23-5-9-25(10-6-23)28-15-18-30-32(20-28)46(4)22-39-30/h5-6,9-10,13-18,20,22,24,27,31H,7-8,11-12,19,21H2,1-4H3,(H,38,49)(H,40,48)(H,41,47)(H,42,43,44,45)/t24?,27?,31-/m0/s1. The minimum Gasteiger partial charge on any atom is -0.444 e. The normalized spacial score (nSPS) is 16.8. The van der Waals surface area contributed by atoms with Crippen LogP contribution in [0.25, 0.3) is 33.5 Å². The average Bonchev–Trinajstić information content (AvgIpc) is 3.77. The van der Waals surface area contributed by atoms with E-state index in [4.69, 9.17) is 4.74 Å². The predicted octanol–water partition coefficient (Wildman–Crippen LogP) is 5.42. The second-order valence-corrected chi connectivity index (χ2v) is 13.9.